The molecule has 2 N–H and O–H groups in total. The van der Waals surface area contributed by atoms with E-state index in [0.29, 0.717) is 0 Å². The number of rotatable bonds is 3. The van der Waals surface area contributed by atoms with Gasteiger partial charge in [-0.15, -0.1) is 0 Å². The van der Waals surface area contributed by atoms with E-state index in [0.717, 1.165) is 24.6 Å². The molecule has 11 heavy (non-hydrogen) atoms. The van der Waals surface area contributed by atoms with Crippen molar-refractivity contribution in [2.75, 3.05) is 6.54 Å². The number of imidazole rings is 1. The molecule has 0 bridgehead atoms. The normalized spacial score (nSPS) is 10.5. The van der Waals surface area contributed by atoms with E-state index in [1.807, 2.05) is 13.8 Å². The molecule has 0 radical (unpaired) electrons. The first-order valence-corrected chi connectivity index (χ1v) is 3.96. The van der Waals surface area contributed by atoms with E-state index in [2.05, 4.69) is 22.2 Å². The second-order valence-electron chi connectivity index (χ2n) is 2.67. The first-order valence-electron chi connectivity index (χ1n) is 3.96. The van der Waals surface area contributed by atoms with Crippen LogP contribution in [0, 0.1) is 13.8 Å². The van der Waals surface area contributed by atoms with Crippen molar-refractivity contribution in [1.82, 2.24) is 15.3 Å². The van der Waals surface area contributed by atoms with Gasteiger partial charge in [0.2, 0.25) is 0 Å². The number of H-pyrrole nitrogens is 1. The average molecular weight is 153 g/mol. The first-order chi connectivity index (χ1) is 5.24. The Morgan fingerprint density at radius 1 is 1.45 bits per heavy atom. The molecule has 0 spiro atoms. The van der Waals surface area contributed by atoms with Crippen molar-refractivity contribution < 1.29 is 0 Å². The summed E-state index contributed by atoms with van der Waals surface area (Å²) in [6.45, 7) is 7.97. The van der Waals surface area contributed by atoms with Crippen molar-refractivity contribution in [2.45, 2.75) is 27.3 Å². The van der Waals surface area contributed by atoms with Crippen molar-refractivity contribution in [3.05, 3.63) is 17.2 Å². The molecule has 0 aromatic carbocycles. The third-order valence-corrected chi connectivity index (χ3v) is 1.65. The summed E-state index contributed by atoms with van der Waals surface area (Å²) >= 11 is 0. The van der Waals surface area contributed by atoms with Gasteiger partial charge in [0.1, 0.15) is 5.82 Å². The smallest absolute Gasteiger partial charge is 0.103 e. The lowest BCUT2D eigenvalue weighted by Crippen LogP contribution is -2.12. The molecule has 1 aromatic heterocycles. The van der Waals surface area contributed by atoms with Gasteiger partial charge < -0.3 is 10.3 Å². The van der Waals surface area contributed by atoms with Crippen LogP contribution in [0.1, 0.15) is 24.1 Å². The largest absolute Gasteiger partial charge is 0.346 e. The lowest BCUT2D eigenvalue weighted by atomic mass is 10.3. The second-order valence-corrected chi connectivity index (χ2v) is 2.67. The number of hydrogen-bond donors (Lipinski definition) is 2. The van der Waals surface area contributed by atoms with Gasteiger partial charge in [-0.25, -0.2) is 4.98 Å². The Kier molecular flexibility index (Phi) is 2.65. The fraction of sp³-hybridized carbons (Fsp3) is 0.625. The number of aromatic amines is 1. The Bertz CT molecular complexity index is 227. The van der Waals surface area contributed by atoms with Crippen LogP contribution in [0.3, 0.4) is 0 Å². The molecular formula is C8H15N3. The molecule has 0 saturated carbocycles. The number of nitrogens with one attached hydrogen (secondary N) is 2. The SMILES string of the molecule is CCNCc1nc(C)[nH]c1C. The summed E-state index contributed by atoms with van der Waals surface area (Å²) in [5.41, 5.74) is 2.30. The van der Waals surface area contributed by atoms with Gasteiger partial charge in [-0.2, -0.15) is 0 Å². The quantitative estimate of drug-likeness (QED) is 0.683. The summed E-state index contributed by atoms with van der Waals surface area (Å²) in [5.74, 6) is 0.996. The molecule has 0 aliphatic rings. The molecule has 1 rings (SSSR count). The topological polar surface area (TPSA) is 40.7 Å². The van der Waals surface area contributed by atoms with Gasteiger partial charge in [0, 0.05) is 12.2 Å². The zero-order valence-electron chi connectivity index (χ0n) is 7.36. The van der Waals surface area contributed by atoms with Crippen LogP contribution in [0.5, 0.6) is 0 Å². The maximum atomic E-state index is 4.33. The summed E-state index contributed by atoms with van der Waals surface area (Å²) in [6.07, 6.45) is 0. The van der Waals surface area contributed by atoms with Crippen LogP contribution in [-0.2, 0) is 6.54 Å². The van der Waals surface area contributed by atoms with E-state index in [-0.39, 0.29) is 0 Å². The number of aromatic nitrogens is 2. The number of aryl methyl sites for hydroxylation is 2. The van der Waals surface area contributed by atoms with E-state index in [1.54, 1.807) is 0 Å². The van der Waals surface area contributed by atoms with Crippen molar-refractivity contribution >= 4 is 0 Å². The van der Waals surface area contributed by atoms with Crippen LogP contribution in [0.15, 0.2) is 0 Å². The van der Waals surface area contributed by atoms with Gasteiger partial charge in [0.15, 0.2) is 0 Å². The predicted octanol–water partition coefficient (Wildman–Crippen LogP) is 1.14. The molecule has 0 amide bonds. The second kappa shape index (κ2) is 3.53. The Morgan fingerprint density at radius 2 is 2.18 bits per heavy atom. The predicted molar refractivity (Wildman–Crippen MR) is 45.4 cm³/mol. The summed E-state index contributed by atoms with van der Waals surface area (Å²) in [7, 11) is 0. The van der Waals surface area contributed by atoms with Gasteiger partial charge in [0.25, 0.3) is 0 Å². The van der Waals surface area contributed by atoms with Gasteiger partial charge in [-0.3, -0.25) is 0 Å². The molecule has 3 nitrogen and oxygen atoms in total. The minimum Gasteiger partial charge on any atom is -0.346 e. The zero-order chi connectivity index (χ0) is 8.27. The van der Waals surface area contributed by atoms with Crippen LogP contribution in [0.25, 0.3) is 0 Å². The fourth-order valence-corrected chi connectivity index (χ4v) is 1.07. The lowest BCUT2D eigenvalue weighted by molar-refractivity contribution is 0.709. The van der Waals surface area contributed by atoms with E-state index in [1.165, 1.54) is 5.69 Å². The molecule has 3 heteroatoms. The molecule has 0 atom stereocenters. The van der Waals surface area contributed by atoms with Crippen molar-refractivity contribution in [1.29, 1.82) is 0 Å². The Labute approximate surface area is 67.2 Å². The highest BCUT2D eigenvalue weighted by Gasteiger charge is 2.01. The van der Waals surface area contributed by atoms with E-state index >= 15 is 0 Å². The Hall–Kier alpha value is -0.830. The van der Waals surface area contributed by atoms with Crippen LogP contribution >= 0.6 is 0 Å². The third kappa shape index (κ3) is 2.05. The standard InChI is InChI=1S/C8H15N3/c1-4-9-5-8-6(2)10-7(3)11-8/h9H,4-5H2,1-3H3,(H,10,11). The highest BCUT2D eigenvalue weighted by atomic mass is 15.0. The van der Waals surface area contributed by atoms with Crippen molar-refractivity contribution in [2.24, 2.45) is 0 Å². The van der Waals surface area contributed by atoms with Gasteiger partial charge >= 0.3 is 0 Å². The fourth-order valence-electron chi connectivity index (χ4n) is 1.07. The number of hydrogen-bond acceptors (Lipinski definition) is 2. The first kappa shape index (κ1) is 8.27. The molecule has 0 aliphatic carbocycles. The molecule has 62 valence electrons. The van der Waals surface area contributed by atoms with Crippen LogP contribution in [0.4, 0.5) is 0 Å². The number of nitrogens with zero attached hydrogens (tertiary/aromatic N) is 1. The summed E-state index contributed by atoms with van der Waals surface area (Å²) in [6, 6.07) is 0. The third-order valence-electron chi connectivity index (χ3n) is 1.65. The maximum Gasteiger partial charge on any atom is 0.103 e. The molecule has 1 heterocycles. The van der Waals surface area contributed by atoms with E-state index in [4.69, 9.17) is 0 Å². The highest BCUT2D eigenvalue weighted by Crippen LogP contribution is 2.02. The van der Waals surface area contributed by atoms with Crippen LogP contribution in [0.2, 0.25) is 0 Å². The van der Waals surface area contributed by atoms with E-state index in [9.17, 15) is 0 Å². The maximum absolute atomic E-state index is 4.33. The van der Waals surface area contributed by atoms with Crippen molar-refractivity contribution in [3.8, 4) is 0 Å². The molecular weight excluding hydrogens is 138 g/mol. The van der Waals surface area contributed by atoms with Crippen LogP contribution < -0.4 is 5.32 Å². The van der Waals surface area contributed by atoms with Gasteiger partial charge in [0.05, 0.1) is 5.69 Å². The monoisotopic (exact) mass is 153 g/mol. The van der Waals surface area contributed by atoms with Gasteiger partial charge in [-0.05, 0) is 20.4 Å². The molecule has 0 saturated heterocycles. The molecule has 0 aliphatic heterocycles. The molecule has 0 fully saturated rings. The Balaban J connectivity index is 2.62. The van der Waals surface area contributed by atoms with Crippen molar-refractivity contribution in [3.63, 3.8) is 0 Å². The average Bonchev–Trinajstić information content (AvgIpc) is 2.26. The Morgan fingerprint density at radius 3 is 2.64 bits per heavy atom. The zero-order valence-corrected chi connectivity index (χ0v) is 7.36. The highest BCUT2D eigenvalue weighted by molar-refractivity contribution is 5.11. The molecule has 0 unspecified atom stereocenters. The minimum absolute atomic E-state index is 0.868. The summed E-state index contributed by atoms with van der Waals surface area (Å²) in [4.78, 5) is 7.49. The lowest BCUT2D eigenvalue weighted by Gasteiger charge is -1.97. The summed E-state index contributed by atoms with van der Waals surface area (Å²) < 4.78 is 0. The van der Waals surface area contributed by atoms with Crippen LogP contribution in [-0.4, -0.2) is 16.5 Å². The molecule has 1 aromatic rings. The van der Waals surface area contributed by atoms with E-state index < -0.39 is 0 Å². The minimum atomic E-state index is 0.868. The van der Waals surface area contributed by atoms with Gasteiger partial charge in [-0.1, -0.05) is 6.92 Å². The summed E-state index contributed by atoms with van der Waals surface area (Å²) in [5, 5.41) is 3.24.